The standard InChI is InChI=1S/C8H10O4/c1-12-6(11)8(5(9)10)4-7(8)2-3-7/h2-4H2,1H3,(H,9,10)/p-1. The van der Waals surface area contributed by atoms with E-state index in [4.69, 9.17) is 0 Å². The predicted molar refractivity (Wildman–Crippen MR) is 35.7 cm³/mol. The average molecular weight is 169 g/mol. The maximum atomic E-state index is 11.2. The van der Waals surface area contributed by atoms with Crippen LogP contribution in [0.4, 0.5) is 0 Å². The Hall–Kier alpha value is -1.06. The van der Waals surface area contributed by atoms with Gasteiger partial charge in [-0.3, -0.25) is 4.79 Å². The SMILES string of the molecule is COC(=O)C1(C(=O)[O-])CC12CC2. The second-order valence-electron chi connectivity index (χ2n) is 3.64. The van der Waals surface area contributed by atoms with Crippen molar-refractivity contribution >= 4 is 11.9 Å². The number of ether oxygens (including phenoxy) is 1. The maximum Gasteiger partial charge on any atom is 0.318 e. The Morgan fingerprint density at radius 2 is 2.00 bits per heavy atom. The fourth-order valence-electron chi connectivity index (χ4n) is 2.05. The summed E-state index contributed by atoms with van der Waals surface area (Å²) in [6.07, 6.45) is 2.04. The summed E-state index contributed by atoms with van der Waals surface area (Å²) in [7, 11) is 1.21. The monoisotopic (exact) mass is 169 g/mol. The summed E-state index contributed by atoms with van der Waals surface area (Å²) in [6.45, 7) is 0. The third kappa shape index (κ3) is 0.589. The van der Waals surface area contributed by atoms with Crippen LogP contribution < -0.4 is 5.11 Å². The first kappa shape index (κ1) is 7.58. The molecule has 4 heteroatoms. The Balaban J connectivity index is 2.27. The van der Waals surface area contributed by atoms with Crippen LogP contribution >= 0.6 is 0 Å². The molecule has 2 fully saturated rings. The third-order valence-corrected chi connectivity index (χ3v) is 3.12. The minimum absolute atomic E-state index is 0.279. The van der Waals surface area contributed by atoms with Gasteiger partial charge in [-0.15, -0.1) is 0 Å². The first-order chi connectivity index (χ1) is 5.59. The molecule has 0 bridgehead atoms. The first-order valence-electron chi connectivity index (χ1n) is 3.89. The molecule has 0 N–H and O–H groups in total. The van der Waals surface area contributed by atoms with Crippen LogP contribution in [0.3, 0.4) is 0 Å². The normalized spacial score (nSPS) is 34.4. The zero-order valence-electron chi connectivity index (χ0n) is 6.75. The fraction of sp³-hybridized carbons (Fsp3) is 0.750. The summed E-state index contributed by atoms with van der Waals surface area (Å²) in [4.78, 5) is 21.9. The molecule has 2 saturated carbocycles. The molecule has 66 valence electrons. The van der Waals surface area contributed by atoms with Crippen LogP contribution in [0.15, 0.2) is 0 Å². The molecular weight excluding hydrogens is 160 g/mol. The number of carbonyl (C=O) groups excluding carboxylic acids is 2. The number of hydrogen-bond donors (Lipinski definition) is 0. The Morgan fingerprint density at radius 1 is 1.42 bits per heavy atom. The van der Waals surface area contributed by atoms with Crippen LogP contribution in [0.2, 0.25) is 0 Å². The van der Waals surface area contributed by atoms with Crippen molar-refractivity contribution in [1.29, 1.82) is 0 Å². The lowest BCUT2D eigenvalue weighted by molar-refractivity contribution is -0.313. The summed E-state index contributed by atoms with van der Waals surface area (Å²) in [5.41, 5.74) is -1.57. The molecular formula is C8H9O4-. The summed E-state index contributed by atoms with van der Waals surface area (Å²) < 4.78 is 4.45. The smallest absolute Gasteiger partial charge is 0.318 e. The summed E-state index contributed by atoms with van der Waals surface area (Å²) in [5.74, 6) is -1.91. The van der Waals surface area contributed by atoms with Crippen molar-refractivity contribution < 1.29 is 19.4 Å². The van der Waals surface area contributed by atoms with Gasteiger partial charge in [-0.25, -0.2) is 0 Å². The summed E-state index contributed by atoms with van der Waals surface area (Å²) >= 11 is 0. The molecule has 2 rings (SSSR count). The van der Waals surface area contributed by atoms with E-state index in [0.717, 1.165) is 12.8 Å². The summed E-state index contributed by atoms with van der Waals surface area (Å²) in [6, 6.07) is 0. The highest BCUT2D eigenvalue weighted by molar-refractivity contribution is 6.04. The van der Waals surface area contributed by atoms with Gasteiger partial charge in [0.15, 0.2) is 0 Å². The molecule has 12 heavy (non-hydrogen) atoms. The number of methoxy groups -OCH3 is 1. The molecule has 2 aliphatic rings. The molecule has 1 atom stereocenters. The third-order valence-electron chi connectivity index (χ3n) is 3.12. The summed E-state index contributed by atoms with van der Waals surface area (Å²) in [5, 5.41) is 10.7. The van der Waals surface area contributed by atoms with Crippen molar-refractivity contribution in [2.75, 3.05) is 7.11 Å². The van der Waals surface area contributed by atoms with E-state index in [1.165, 1.54) is 7.11 Å². The largest absolute Gasteiger partial charge is 0.549 e. The van der Waals surface area contributed by atoms with Gasteiger partial charge >= 0.3 is 5.97 Å². The number of hydrogen-bond acceptors (Lipinski definition) is 4. The topological polar surface area (TPSA) is 66.4 Å². The quantitative estimate of drug-likeness (QED) is 0.396. The van der Waals surface area contributed by atoms with Crippen molar-refractivity contribution in [3.63, 3.8) is 0 Å². The molecule has 0 radical (unpaired) electrons. The predicted octanol–water partition coefficient (Wildman–Crippen LogP) is -0.920. The average Bonchev–Trinajstić information content (AvgIpc) is 2.91. The Kier molecular flexibility index (Phi) is 1.14. The molecule has 0 aromatic heterocycles. The fourth-order valence-corrected chi connectivity index (χ4v) is 2.05. The van der Waals surface area contributed by atoms with E-state index < -0.39 is 17.4 Å². The van der Waals surface area contributed by atoms with Crippen LogP contribution in [0.25, 0.3) is 0 Å². The molecule has 1 unspecified atom stereocenters. The Bertz CT molecular complexity index is 266. The van der Waals surface area contributed by atoms with Gasteiger partial charge in [0.25, 0.3) is 0 Å². The molecule has 0 saturated heterocycles. The number of carbonyl (C=O) groups is 2. The van der Waals surface area contributed by atoms with Gasteiger partial charge in [0.2, 0.25) is 0 Å². The van der Waals surface area contributed by atoms with Crippen LogP contribution in [-0.2, 0) is 14.3 Å². The van der Waals surface area contributed by atoms with Gasteiger partial charge in [-0.1, -0.05) is 0 Å². The lowest BCUT2D eigenvalue weighted by Gasteiger charge is -2.14. The van der Waals surface area contributed by atoms with Gasteiger partial charge in [0.1, 0.15) is 5.41 Å². The minimum atomic E-state index is -1.29. The molecule has 2 aliphatic carbocycles. The molecule has 0 heterocycles. The number of carboxylic acid groups (broad SMARTS) is 1. The first-order valence-corrected chi connectivity index (χ1v) is 3.89. The van der Waals surface area contributed by atoms with Gasteiger partial charge in [-0.05, 0) is 24.7 Å². The highest BCUT2D eigenvalue weighted by atomic mass is 16.5. The zero-order valence-corrected chi connectivity index (χ0v) is 6.75. The molecule has 0 aromatic rings. The van der Waals surface area contributed by atoms with Crippen molar-refractivity contribution in [3.8, 4) is 0 Å². The second-order valence-corrected chi connectivity index (χ2v) is 3.64. The van der Waals surface area contributed by atoms with Gasteiger partial charge < -0.3 is 14.6 Å². The van der Waals surface area contributed by atoms with Crippen LogP contribution in [0.5, 0.6) is 0 Å². The van der Waals surface area contributed by atoms with E-state index in [9.17, 15) is 14.7 Å². The van der Waals surface area contributed by atoms with Crippen molar-refractivity contribution in [2.24, 2.45) is 10.8 Å². The number of esters is 1. The van der Waals surface area contributed by atoms with Gasteiger partial charge in [0, 0.05) is 0 Å². The van der Waals surface area contributed by atoms with E-state index >= 15 is 0 Å². The molecule has 0 aromatic carbocycles. The lowest BCUT2D eigenvalue weighted by atomic mass is 10.0. The molecule has 1 spiro atoms. The molecule has 0 aliphatic heterocycles. The second kappa shape index (κ2) is 1.81. The number of rotatable bonds is 2. The van der Waals surface area contributed by atoms with E-state index in [-0.39, 0.29) is 5.41 Å². The van der Waals surface area contributed by atoms with Crippen LogP contribution in [0.1, 0.15) is 19.3 Å². The van der Waals surface area contributed by atoms with Crippen molar-refractivity contribution in [2.45, 2.75) is 19.3 Å². The minimum Gasteiger partial charge on any atom is -0.549 e. The zero-order chi connectivity index (χ0) is 8.98. The highest BCUT2D eigenvalue weighted by Crippen LogP contribution is 2.78. The van der Waals surface area contributed by atoms with Gasteiger partial charge in [0.05, 0.1) is 13.1 Å². The van der Waals surface area contributed by atoms with E-state index in [1.807, 2.05) is 0 Å². The van der Waals surface area contributed by atoms with Crippen molar-refractivity contribution in [1.82, 2.24) is 0 Å². The molecule has 0 amide bonds. The van der Waals surface area contributed by atoms with E-state index in [0.29, 0.717) is 6.42 Å². The Morgan fingerprint density at radius 3 is 2.25 bits per heavy atom. The number of aliphatic carboxylic acids is 1. The van der Waals surface area contributed by atoms with E-state index in [1.54, 1.807) is 0 Å². The highest BCUT2D eigenvalue weighted by Gasteiger charge is 2.79. The van der Waals surface area contributed by atoms with Crippen LogP contribution in [-0.4, -0.2) is 19.0 Å². The lowest BCUT2D eigenvalue weighted by Crippen LogP contribution is -2.40. The van der Waals surface area contributed by atoms with Gasteiger partial charge in [-0.2, -0.15) is 0 Å². The Labute approximate surface area is 69.5 Å². The number of carboxylic acids is 1. The van der Waals surface area contributed by atoms with Crippen molar-refractivity contribution in [3.05, 3.63) is 0 Å². The van der Waals surface area contributed by atoms with Crippen LogP contribution in [0, 0.1) is 10.8 Å². The maximum absolute atomic E-state index is 11.2. The van der Waals surface area contributed by atoms with E-state index in [2.05, 4.69) is 4.74 Å². The molecule has 4 nitrogen and oxygen atoms in total.